The van der Waals surface area contributed by atoms with E-state index in [0.29, 0.717) is 24.3 Å². The van der Waals surface area contributed by atoms with Gasteiger partial charge in [-0.1, -0.05) is 11.6 Å². The number of hydrogen-bond donors (Lipinski definition) is 1. The summed E-state index contributed by atoms with van der Waals surface area (Å²) in [4.78, 5) is 23.0. The first-order valence-corrected chi connectivity index (χ1v) is 6.98. The Hall–Kier alpha value is -1.27. The van der Waals surface area contributed by atoms with Crippen molar-refractivity contribution in [3.63, 3.8) is 0 Å². The van der Waals surface area contributed by atoms with Gasteiger partial charge in [0.05, 0.1) is 11.6 Å². The Bertz CT molecular complexity index is 593. The molecule has 1 aromatic carbocycles. The molecule has 0 radical (unpaired) electrons. The number of ether oxygens (including phenoxy) is 1. The van der Waals surface area contributed by atoms with Gasteiger partial charge in [-0.25, -0.2) is 4.39 Å². The molecule has 100 valence electrons. The van der Waals surface area contributed by atoms with Gasteiger partial charge in [0, 0.05) is 17.2 Å². The van der Waals surface area contributed by atoms with Crippen LogP contribution in [0.5, 0.6) is 5.75 Å². The monoisotopic (exact) mass is 301 g/mol. The maximum atomic E-state index is 13.8. The summed E-state index contributed by atoms with van der Waals surface area (Å²) in [5.41, 5.74) is 1.09. The van der Waals surface area contributed by atoms with E-state index in [-0.39, 0.29) is 5.02 Å². The SMILES string of the molecule is O=C1NC(=O)C(c2c(Cl)c(F)cc3c2CCCO3)S1. The number of hydrogen-bond acceptors (Lipinski definition) is 4. The molecule has 4 nitrogen and oxygen atoms in total. The molecule has 19 heavy (non-hydrogen) atoms. The van der Waals surface area contributed by atoms with Crippen molar-refractivity contribution in [2.24, 2.45) is 0 Å². The lowest BCUT2D eigenvalue weighted by molar-refractivity contribution is -0.119. The van der Waals surface area contributed by atoms with Gasteiger partial charge in [0.25, 0.3) is 5.24 Å². The van der Waals surface area contributed by atoms with Crippen molar-refractivity contribution in [3.8, 4) is 5.75 Å². The van der Waals surface area contributed by atoms with E-state index in [1.54, 1.807) is 0 Å². The smallest absolute Gasteiger partial charge is 0.286 e. The number of carbonyl (C=O) groups excluding carboxylic acids is 2. The number of nitrogens with one attached hydrogen (secondary N) is 1. The van der Waals surface area contributed by atoms with Crippen LogP contribution in [0.2, 0.25) is 5.02 Å². The fourth-order valence-corrected chi connectivity index (χ4v) is 3.56. The molecular weight excluding hydrogens is 293 g/mol. The van der Waals surface area contributed by atoms with Crippen molar-refractivity contribution >= 4 is 34.5 Å². The molecule has 3 rings (SSSR count). The molecule has 7 heteroatoms. The highest BCUT2D eigenvalue weighted by atomic mass is 35.5. The minimum absolute atomic E-state index is 0.105. The molecule has 2 aliphatic rings. The highest BCUT2D eigenvalue weighted by Gasteiger charge is 2.38. The maximum Gasteiger partial charge on any atom is 0.286 e. The Morgan fingerprint density at radius 3 is 2.95 bits per heavy atom. The van der Waals surface area contributed by atoms with E-state index in [0.717, 1.165) is 23.7 Å². The number of thioether (sulfide) groups is 1. The Labute approximate surface area is 117 Å². The Morgan fingerprint density at radius 1 is 1.47 bits per heavy atom. The molecule has 2 aliphatic heterocycles. The molecule has 2 heterocycles. The summed E-state index contributed by atoms with van der Waals surface area (Å²) in [6, 6.07) is 1.24. The number of benzene rings is 1. The fraction of sp³-hybridized carbons (Fsp3) is 0.333. The van der Waals surface area contributed by atoms with Gasteiger partial charge in [0.2, 0.25) is 5.91 Å². The van der Waals surface area contributed by atoms with E-state index in [9.17, 15) is 14.0 Å². The van der Waals surface area contributed by atoms with Crippen LogP contribution in [0.3, 0.4) is 0 Å². The number of rotatable bonds is 1. The summed E-state index contributed by atoms with van der Waals surface area (Å²) in [6.07, 6.45) is 1.43. The Balaban J connectivity index is 2.16. The summed E-state index contributed by atoms with van der Waals surface area (Å²) in [5.74, 6) is -0.684. The van der Waals surface area contributed by atoms with Gasteiger partial charge in [-0.3, -0.25) is 14.9 Å². The molecule has 1 aromatic rings. The van der Waals surface area contributed by atoms with E-state index in [1.165, 1.54) is 6.07 Å². The second-order valence-electron chi connectivity index (χ2n) is 4.29. The van der Waals surface area contributed by atoms with Crippen LogP contribution in [0.4, 0.5) is 9.18 Å². The molecule has 1 fully saturated rings. The van der Waals surface area contributed by atoms with E-state index in [2.05, 4.69) is 5.32 Å². The van der Waals surface area contributed by atoms with Crippen LogP contribution in [-0.2, 0) is 11.2 Å². The molecule has 1 unspecified atom stereocenters. The Morgan fingerprint density at radius 2 is 2.26 bits per heavy atom. The van der Waals surface area contributed by atoms with E-state index in [1.807, 2.05) is 0 Å². The third-order valence-corrected chi connectivity index (χ3v) is 4.49. The lowest BCUT2D eigenvalue weighted by Gasteiger charge is -2.23. The van der Waals surface area contributed by atoms with Crippen molar-refractivity contribution < 1.29 is 18.7 Å². The molecule has 0 saturated carbocycles. The van der Waals surface area contributed by atoms with Gasteiger partial charge in [0.15, 0.2) is 0 Å². The summed E-state index contributed by atoms with van der Waals surface area (Å²) in [6.45, 7) is 0.510. The maximum absolute atomic E-state index is 13.8. The first kappa shape index (κ1) is 12.7. The molecule has 0 aromatic heterocycles. The number of amides is 2. The van der Waals surface area contributed by atoms with Crippen molar-refractivity contribution in [1.82, 2.24) is 5.32 Å². The molecule has 2 amide bonds. The predicted octanol–water partition coefficient (Wildman–Crippen LogP) is 2.83. The normalized spacial score (nSPS) is 21.9. The van der Waals surface area contributed by atoms with E-state index >= 15 is 0 Å². The first-order chi connectivity index (χ1) is 9.08. The highest BCUT2D eigenvalue weighted by Crippen LogP contribution is 2.45. The molecule has 1 atom stereocenters. The quantitative estimate of drug-likeness (QED) is 0.866. The van der Waals surface area contributed by atoms with Crippen molar-refractivity contribution in [3.05, 3.63) is 28.0 Å². The minimum atomic E-state index is -0.800. The van der Waals surface area contributed by atoms with Crippen LogP contribution in [0.15, 0.2) is 6.07 Å². The fourth-order valence-electron chi connectivity index (χ4n) is 2.30. The standard InChI is InChI=1S/C12H9ClFNO3S/c13-9-6(14)4-7-5(2-1-3-18-7)8(9)10-11(16)15-12(17)19-10/h4,10H,1-3H2,(H,15,16,17). The van der Waals surface area contributed by atoms with Gasteiger partial charge < -0.3 is 4.74 Å². The Kier molecular flexibility index (Phi) is 3.14. The zero-order valence-corrected chi connectivity index (χ0v) is 11.2. The number of imide groups is 1. The third kappa shape index (κ3) is 2.08. The third-order valence-electron chi connectivity index (χ3n) is 3.11. The van der Waals surface area contributed by atoms with Crippen LogP contribution in [-0.4, -0.2) is 17.8 Å². The number of carbonyl (C=O) groups is 2. The van der Waals surface area contributed by atoms with E-state index in [4.69, 9.17) is 16.3 Å². The molecule has 0 spiro atoms. The minimum Gasteiger partial charge on any atom is -0.493 e. The molecule has 1 saturated heterocycles. The van der Waals surface area contributed by atoms with Gasteiger partial charge in [-0.2, -0.15) is 0 Å². The lowest BCUT2D eigenvalue weighted by Crippen LogP contribution is -2.22. The van der Waals surface area contributed by atoms with Crippen molar-refractivity contribution in [2.45, 2.75) is 18.1 Å². The highest BCUT2D eigenvalue weighted by molar-refractivity contribution is 8.15. The van der Waals surface area contributed by atoms with Crippen molar-refractivity contribution in [2.75, 3.05) is 6.61 Å². The topological polar surface area (TPSA) is 55.4 Å². The largest absolute Gasteiger partial charge is 0.493 e. The second-order valence-corrected chi connectivity index (χ2v) is 5.75. The molecule has 0 bridgehead atoms. The zero-order valence-electron chi connectivity index (χ0n) is 9.66. The van der Waals surface area contributed by atoms with Gasteiger partial charge in [0.1, 0.15) is 16.8 Å². The van der Waals surface area contributed by atoms with E-state index < -0.39 is 22.2 Å². The van der Waals surface area contributed by atoms with Crippen LogP contribution < -0.4 is 10.1 Å². The summed E-state index contributed by atoms with van der Waals surface area (Å²) in [5, 5.41) is 0.833. The lowest BCUT2D eigenvalue weighted by atomic mass is 9.96. The average molecular weight is 302 g/mol. The molecular formula is C12H9ClFNO3S. The second kappa shape index (κ2) is 4.68. The van der Waals surface area contributed by atoms with Gasteiger partial charge in [-0.05, 0) is 24.6 Å². The van der Waals surface area contributed by atoms with Crippen molar-refractivity contribution in [1.29, 1.82) is 0 Å². The number of fused-ring (bicyclic) bond motifs is 1. The van der Waals surface area contributed by atoms with Crippen LogP contribution >= 0.6 is 23.4 Å². The van der Waals surface area contributed by atoms with Crippen LogP contribution in [0.1, 0.15) is 22.8 Å². The zero-order chi connectivity index (χ0) is 13.6. The summed E-state index contributed by atoms with van der Waals surface area (Å²) >= 11 is 6.80. The first-order valence-electron chi connectivity index (χ1n) is 5.73. The predicted molar refractivity (Wildman–Crippen MR) is 69.1 cm³/mol. The molecule has 1 N–H and O–H groups in total. The summed E-state index contributed by atoms with van der Waals surface area (Å²) in [7, 11) is 0. The summed E-state index contributed by atoms with van der Waals surface area (Å²) < 4.78 is 19.2. The van der Waals surface area contributed by atoms with Gasteiger partial charge >= 0.3 is 0 Å². The van der Waals surface area contributed by atoms with Gasteiger partial charge in [-0.15, -0.1) is 0 Å². The molecule has 0 aliphatic carbocycles. The van der Waals surface area contributed by atoms with Crippen LogP contribution in [0, 0.1) is 5.82 Å². The number of halogens is 2. The van der Waals surface area contributed by atoms with Crippen LogP contribution in [0.25, 0.3) is 0 Å². The average Bonchev–Trinajstić information content (AvgIpc) is 2.70.